The highest BCUT2D eigenvalue weighted by Crippen LogP contribution is 2.12. The van der Waals surface area contributed by atoms with Gasteiger partial charge in [-0.25, -0.2) is 0 Å². The van der Waals surface area contributed by atoms with E-state index < -0.39 is 0 Å². The zero-order valence-corrected chi connectivity index (χ0v) is 9.04. The first-order chi connectivity index (χ1) is 4.31. The van der Waals surface area contributed by atoms with Crippen molar-refractivity contribution in [2.45, 2.75) is 37.4 Å². The third kappa shape index (κ3) is 6.85. The van der Waals surface area contributed by atoms with Gasteiger partial charge in [0.15, 0.2) is 0 Å². The average molecular weight is 258 g/mol. The molecule has 56 valence electrons. The Morgan fingerprint density at radius 3 is 2.44 bits per heavy atom. The van der Waals surface area contributed by atoms with E-state index in [2.05, 4.69) is 38.8 Å². The Bertz CT molecular complexity index is 54.9. The lowest BCUT2D eigenvalue weighted by Crippen LogP contribution is -1.97. The van der Waals surface area contributed by atoms with E-state index in [-0.39, 0.29) is 0 Å². The molecule has 0 aliphatic carbocycles. The van der Waals surface area contributed by atoms with Crippen LogP contribution in [0.3, 0.4) is 0 Å². The summed E-state index contributed by atoms with van der Waals surface area (Å²) in [4.78, 5) is 0.684. The second kappa shape index (κ2) is 7.07. The van der Waals surface area contributed by atoms with Gasteiger partial charge < -0.3 is 0 Å². The van der Waals surface area contributed by atoms with Gasteiger partial charge in [-0.1, -0.05) is 58.0 Å². The zero-order chi connectivity index (χ0) is 7.11. The van der Waals surface area contributed by atoms with Crippen LogP contribution >= 0.6 is 31.9 Å². The molecule has 0 rings (SSSR count). The summed E-state index contributed by atoms with van der Waals surface area (Å²) in [7, 11) is 0. The number of hydrogen-bond acceptors (Lipinski definition) is 0. The summed E-state index contributed by atoms with van der Waals surface area (Å²) in [6.07, 6.45) is 5.36. The van der Waals surface area contributed by atoms with Crippen molar-refractivity contribution in [3.05, 3.63) is 0 Å². The molecule has 0 heterocycles. The molecule has 0 unspecified atom stereocenters. The quantitative estimate of drug-likeness (QED) is 0.520. The molecule has 1 atom stereocenters. The maximum Gasteiger partial charge on any atom is 0.0242 e. The van der Waals surface area contributed by atoms with Crippen LogP contribution in [0.2, 0.25) is 0 Å². The molecule has 9 heavy (non-hydrogen) atoms. The van der Waals surface area contributed by atoms with E-state index >= 15 is 0 Å². The third-order valence-electron chi connectivity index (χ3n) is 1.29. The minimum Gasteiger partial charge on any atom is -0.0916 e. The first-order valence-electron chi connectivity index (χ1n) is 3.51. The molecule has 0 saturated heterocycles. The molecular formula is C7H14Br2. The molecule has 0 aliphatic rings. The second-order valence-electron chi connectivity index (χ2n) is 2.25. The molecule has 0 spiro atoms. The predicted octanol–water partition coefficient (Wildman–Crippen LogP) is 3.73. The van der Waals surface area contributed by atoms with Crippen LogP contribution in [-0.2, 0) is 0 Å². The molecular weight excluding hydrogens is 244 g/mol. The van der Waals surface area contributed by atoms with Gasteiger partial charge in [0, 0.05) is 10.2 Å². The van der Waals surface area contributed by atoms with E-state index in [1.807, 2.05) is 0 Å². The Morgan fingerprint density at radius 2 is 2.00 bits per heavy atom. The molecule has 0 saturated carbocycles. The summed E-state index contributed by atoms with van der Waals surface area (Å²) >= 11 is 6.98. The molecule has 0 aromatic carbocycles. The van der Waals surface area contributed by atoms with E-state index in [1.54, 1.807) is 0 Å². The van der Waals surface area contributed by atoms with E-state index in [0.29, 0.717) is 4.83 Å². The normalized spacial score (nSPS) is 13.7. The monoisotopic (exact) mass is 256 g/mol. The van der Waals surface area contributed by atoms with Gasteiger partial charge in [-0.3, -0.25) is 0 Å². The fraction of sp³-hybridized carbons (Fsp3) is 1.00. The van der Waals surface area contributed by atoms with Crippen molar-refractivity contribution >= 4 is 31.9 Å². The number of alkyl halides is 2. The summed E-state index contributed by atoms with van der Waals surface area (Å²) in [6.45, 7) is 2.23. The van der Waals surface area contributed by atoms with Crippen molar-refractivity contribution in [2.24, 2.45) is 0 Å². The van der Waals surface area contributed by atoms with Gasteiger partial charge in [0.05, 0.1) is 0 Å². The highest BCUT2D eigenvalue weighted by Gasteiger charge is 1.98. The number of unbranched alkanes of at least 4 members (excludes halogenated alkanes) is 2. The Kier molecular flexibility index (Phi) is 7.83. The van der Waals surface area contributed by atoms with Gasteiger partial charge in [0.25, 0.3) is 0 Å². The topological polar surface area (TPSA) is 0 Å². The summed E-state index contributed by atoms with van der Waals surface area (Å²) in [6, 6.07) is 0. The van der Waals surface area contributed by atoms with Crippen molar-refractivity contribution in [3.63, 3.8) is 0 Å². The minimum atomic E-state index is 0.684. The number of rotatable bonds is 5. The van der Waals surface area contributed by atoms with E-state index in [0.717, 1.165) is 5.33 Å². The number of halogens is 2. The molecule has 0 aliphatic heterocycles. The summed E-state index contributed by atoms with van der Waals surface area (Å²) in [5.41, 5.74) is 0. The Hall–Kier alpha value is 0.960. The van der Waals surface area contributed by atoms with Gasteiger partial charge in [-0.15, -0.1) is 0 Å². The fourth-order valence-electron chi connectivity index (χ4n) is 0.693. The lowest BCUT2D eigenvalue weighted by molar-refractivity contribution is 0.672. The van der Waals surface area contributed by atoms with Gasteiger partial charge in [0.2, 0.25) is 0 Å². The molecule has 0 bridgehead atoms. The molecule has 0 aromatic heterocycles. The Labute approximate surface area is 74.7 Å². The highest BCUT2D eigenvalue weighted by molar-refractivity contribution is 9.12. The van der Waals surface area contributed by atoms with Crippen LogP contribution < -0.4 is 0 Å². The van der Waals surface area contributed by atoms with Gasteiger partial charge in [0.1, 0.15) is 0 Å². The Morgan fingerprint density at radius 1 is 1.33 bits per heavy atom. The van der Waals surface area contributed by atoms with Crippen molar-refractivity contribution in [3.8, 4) is 0 Å². The molecule has 0 N–H and O–H groups in total. The van der Waals surface area contributed by atoms with Gasteiger partial charge >= 0.3 is 0 Å². The Balaban J connectivity index is 2.88. The minimum absolute atomic E-state index is 0.684. The molecule has 0 aromatic rings. The van der Waals surface area contributed by atoms with E-state index in [4.69, 9.17) is 0 Å². The zero-order valence-electron chi connectivity index (χ0n) is 5.87. The standard InChI is InChI=1S/C7H14Br2/c1-2-3-4-5-7(9)6-8/h7H,2-6H2,1H3/t7-/m0/s1. The third-order valence-corrected chi connectivity index (χ3v) is 3.72. The molecule has 0 radical (unpaired) electrons. The predicted molar refractivity (Wildman–Crippen MR) is 50.7 cm³/mol. The van der Waals surface area contributed by atoms with Crippen LogP contribution in [0.15, 0.2) is 0 Å². The molecule has 0 fully saturated rings. The lowest BCUT2D eigenvalue weighted by atomic mass is 10.2. The molecule has 0 nitrogen and oxygen atoms in total. The summed E-state index contributed by atoms with van der Waals surface area (Å²) < 4.78 is 0. The number of hydrogen-bond donors (Lipinski definition) is 0. The SMILES string of the molecule is CCCCC[C@H](Br)CBr. The first kappa shape index (κ1) is 9.96. The second-order valence-corrected chi connectivity index (χ2v) is 4.19. The molecule has 0 amide bonds. The summed E-state index contributed by atoms with van der Waals surface area (Å²) in [5.74, 6) is 0. The highest BCUT2D eigenvalue weighted by atomic mass is 79.9. The fourth-order valence-corrected chi connectivity index (χ4v) is 1.34. The van der Waals surface area contributed by atoms with Crippen molar-refractivity contribution < 1.29 is 0 Å². The lowest BCUT2D eigenvalue weighted by Gasteiger charge is -2.02. The maximum absolute atomic E-state index is 3.56. The first-order valence-corrected chi connectivity index (χ1v) is 5.55. The summed E-state index contributed by atoms with van der Waals surface area (Å²) in [5, 5.41) is 1.08. The van der Waals surface area contributed by atoms with Gasteiger partial charge in [-0.05, 0) is 6.42 Å². The van der Waals surface area contributed by atoms with Crippen LogP contribution in [0, 0.1) is 0 Å². The van der Waals surface area contributed by atoms with Crippen LogP contribution in [0.25, 0.3) is 0 Å². The van der Waals surface area contributed by atoms with Crippen LogP contribution in [0.5, 0.6) is 0 Å². The van der Waals surface area contributed by atoms with E-state index in [1.165, 1.54) is 25.7 Å². The average Bonchev–Trinajstić information content (AvgIpc) is 1.89. The van der Waals surface area contributed by atoms with Crippen molar-refractivity contribution in [1.82, 2.24) is 0 Å². The molecule has 2 heteroatoms. The smallest absolute Gasteiger partial charge is 0.0242 e. The van der Waals surface area contributed by atoms with Crippen LogP contribution in [0.4, 0.5) is 0 Å². The maximum atomic E-state index is 3.56. The van der Waals surface area contributed by atoms with Crippen molar-refractivity contribution in [1.29, 1.82) is 0 Å². The van der Waals surface area contributed by atoms with Crippen molar-refractivity contribution in [2.75, 3.05) is 5.33 Å². The van der Waals surface area contributed by atoms with Crippen LogP contribution in [-0.4, -0.2) is 10.2 Å². The van der Waals surface area contributed by atoms with Gasteiger partial charge in [-0.2, -0.15) is 0 Å². The largest absolute Gasteiger partial charge is 0.0916 e. The van der Waals surface area contributed by atoms with Crippen LogP contribution in [0.1, 0.15) is 32.6 Å². The van der Waals surface area contributed by atoms with E-state index in [9.17, 15) is 0 Å².